The summed E-state index contributed by atoms with van der Waals surface area (Å²) in [7, 11) is 0. The second kappa shape index (κ2) is 9.85. The lowest BCUT2D eigenvalue weighted by atomic mass is 10.0. The predicted octanol–water partition coefficient (Wildman–Crippen LogP) is 4.12. The minimum atomic E-state index is 0.735. The molecule has 1 aromatic rings. The summed E-state index contributed by atoms with van der Waals surface area (Å²) in [4.78, 5) is 0. The molecular formula is C17H29NO. The fourth-order valence-corrected chi connectivity index (χ4v) is 2.11. The van der Waals surface area contributed by atoms with Crippen LogP contribution >= 0.6 is 0 Å². The molecule has 0 heterocycles. The highest BCUT2D eigenvalue weighted by Gasteiger charge is 2.06. The van der Waals surface area contributed by atoms with Crippen molar-refractivity contribution in [2.45, 2.75) is 40.0 Å². The molecule has 0 saturated carbocycles. The fraction of sp³-hybridized carbons (Fsp3) is 0.647. The van der Waals surface area contributed by atoms with E-state index in [9.17, 15) is 0 Å². The van der Waals surface area contributed by atoms with Crippen LogP contribution in [0.3, 0.4) is 0 Å². The highest BCUT2D eigenvalue weighted by molar-refractivity contribution is 5.20. The van der Waals surface area contributed by atoms with E-state index < -0.39 is 0 Å². The van der Waals surface area contributed by atoms with Crippen LogP contribution in [0.4, 0.5) is 0 Å². The first-order chi connectivity index (χ1) is 9.22. The number of nitrogens with one attached hydrogen (secondary N) is 1. The van der Waals surface area contributed by atoms with Gasteiger partial charge >= 0.3 is 0 Å². The lowest BCUT2D eigenvalue weighted by Crippen LogP contribution is -2.26. The van der Waals surface area contributed by atoms with Gasteiger partial charge < -0.3 is 10.1 Å². The molecule has 19 heavy (non-hydrogen) atoms. The van der Waals surface area contributed by atoms with E-state index in [1.54, 1.807) is 0 Å². The summed E-state index contributed by atoms with van der Waals surface area (Å²) in [6, 6.07) is 10.1. The Morgan fingerprint density at radius 3 is 2.47 bits per heavy atom. The highest BCUT2D eigenvalue weighted by Crippen LogP contribution is 2.12. The van der Waals surface area contributed by atoms with Gasteiger partial charge in [0, 0.05) is 0 Å². The number of ether oxygens (including phenoxy) is 1. The zero-order chi connectivity index (χ0) is 13.9. The first kappa shape index (κ1) is 16.0. The molecule has 0 aliphatic heterocycles. The average molecular weight is 263 g/mol. The lowest BCUT2D eigenvalue weighted by molar-refractivity contribution is 0.287. The monoisotopic (exact) mass is 263 g/mol. The second-order valence-electron chi connectivity index (χ2n) is 5.63. The predicted molar refractivity (Wildman–Crippen MR) is 82.7 cm³/mol. The Morgan fingerprint density at radius 2 is 1.84 bits per heavy atom. The molecule has 0 fully saturated rings. The molecule has 2 heteroatoms. The van der Waals surface area contributed by atoms with E-state index >= 15 is 0 Å². The van der Waals surface area contributed by atoms with Crippen LogP contribution in [-0.2, 0) is 0 Å². The fourth-order valence-electron chi connectivity index (χ4n) is 2.11. The van der Waals surface area contributed by atoms with Crippen molar-refractivity contribution in [2.75, 3.05) is 19.7 Å². The zero-order valence-electron chi connectivity index (χ0n) is 12.7. The van der Waals surface area contributed by atoms with Crippen molar-refractivity contribution in [1.82, 2.24) is 5.32 Å². The van der Waals surface area contributed by atoms with Crippen molar-refractivity contribution < 1.29 is 4.74 Å². The molecule has 0 bridgehead atoms. The summed E-state index contributed by atoms with van der Waals surface area (Å²) in [5, 5.41) is 3.55. The Balaban J connectivity index is 2.09. The van der Waals surface area contributed by atoms with E-state index in [0.717, 1.165) is 43.7 Å². The standard InChI is InChI=1S/C17H29NO/c1-4-16(14-18-13-15(2)3)9-8-12-19-17-10-6-5-7-11-17/h5-7,10-11,15-16,18H,4,8-9,12-14H2,1-3H3. The van der Waals surface area contributed by atoms with Crippen molar-refractivity contribution in [3.63, 3.8) is 0 Å². The summed E-state index contributed by atoms with van der Waals surface area (Å²) in [5.74, 6) is 2.49. The Labute approximate surface area is 118 Å². The van der Waals surface area contributed by atoms with Crippen LogP contribution in [0.25, 0.3) is 0 Å². The maximum absolute atomic E-state index is 5.72. The number of para-hydroxylation sites is 1. The third-order valence-corrected chi connectivity index (χ3v) is 3.33. The lowest BCUT2D eigenvalue weighted by Gasteiger charge is -2.16. The molecule has 0 saturated heterocycles. The van der Waals surface area contributed by atoms with Gasteiger partial charge in [-0.2, -0.15) is 0 Å². The van der Waals surface area contributed by atoms with Crippen LogP contribution < -0.4 is 10.1 Å². The third kappa shape index (κ3) is 7.89. The van der Waals surface area contributed by atoms with Gasteiger partial charge in [-0.15, -0.1) is 0 Å². The van der Waals surface area contributed by atoms with E-state index in [0.29, 0.717) is 0 Å². The van der Waals surface area contributed by atoms with E-state index in [2.05, 4.69) is 26.1 Å². The number of rotatable bonds is 10. The van der Waals surface area contributed by atoms with Gasteiger partial charge in [0.15, 0.2) is 0 Å². The highest BCUT2D eigenvalue weighted by atomic mass is 16.5. The molecule has 1 rings (SSSR count). The average Bonchev–Trinajstić information content (AvgIpc) is 2.42. The molecule has 1 N–H and O–H groups in total. The van der Waals surface area contributed by atoms with Crippen molar-refractivity contribution >= 4 is 0 Å². The normalized spacial score (nSPS) is 12.6. The first-order valence-electron chi connectivity index (χ1n) is 7.61. The summed E-state index contributed by atoms with van der Waals surface area (Å²) in [6.07, 6.45) is 3.63. The van der Waals surface area contributed by atoms with E-state index in [1.165, 1.54) is 12.8 Å². The van der Waals surface area contributed by atoms with Crippen molar-refractivity contribution in [3.05, 3.63) is 30.3 Å². The van der Waals surface area contributed by atoms with E-state index in [1.807, 2.05) is 30.3 Å². The maximum Gasteiger partial charge on any atom is 0.119 e. The smallest absolute Gasteiger partial charge is 0.119 e. The van der Waals surface area contributed by atoms with Crippen LogP contribution in [-0.4, -0.2) is 19.7 Å². The molecule has 1 aromatic carbocycles. The summed E-state index contributed by atoms with van der Waals surface area (Å²) in [6.45, 7) is 9.87. The molecule has 0 spiro atoms. The van der Waals surface area contributed by atoms with Gasteiger partial charge in [-0.05, 0) is 49.9 Å². The van der Waals surface area contributed by atoms with Crippen LogP contribution in [0.2, 0.25) is 0 Å². The Bertz CT molecular complexity index is 310. The molecule has 0 amide bonds. The SMILES string of the molecule is CCC(CCCOc1ccccc1)CNCC(C)C. The van der Waals surface area contributed by atoms with Crippen LogP contribution in [0.1, 0.15) is 40.0 Å². The van der Waals surface area contributed by atoms with Crippen LogP contribution in [0, 0.1) is 11.8 Å². The molecule has 108 valence electrons. The molecule has 2 nitrogen and oxygen atoms in total. The largest absolute Gasteiger partial charge is 0.494 e. The Hall–Kier alpha value is -1.02. The van der Waals surface area contributed by atoms with Gasteiger partial charge in [-0.3, -0.25) is 0 Å². The van der Waals surface area contributed by atoms with Gasteiger partial charge in [0.05, 0.1) is 6.61 Å². The maximum atomic E-state index is 5.72. The Kier molecular flexibility index (Phi) is 8.31. The Morgan fingerprint density at radius 1 is 1.11 bits per heavy atom. The first-order valence-corrected chi connectivity index (χ1v) is 7.61. The molecule has 1 atom stereocenters. The third-order valence-electron chi connectivity index (χ3n) is 3.33. The molecule has 1 unspecified atom stereocenters. The van der Waals surface area contributed by atoms with Crippen molar-refractivity contribution in [1.29, 1.82) is 0 Å². The van der Waals surface area contributed by atoms with E-state index in [-0.39, 0.29) is 0 Å². The van der Waals surface area contributed by atoms with Crippen molar-refractivity contribution in [2.24, 2.45) is 11.8 Å². The topological polar surface area (TPSA) is 21.3 Å². The molecular weight excluding hydrogens is 234 g/mol. The van der Waals surface area contributed by atoms with Crippen LogP contribution in [0.15, 0.2) is 30.3 Å². The molecule has 0 aliphatic rings. The molecule has 0 aliphatic carbocycles. The zero-order valence-corrected chi connectivity index (χ0v) is 12.7. The van der Waals surface area contributed by atoms with Crippen LogP contribution in [0.5, 0.6) is 5.75 Å². The number of hydrogen-bond donors (Lipinski definition) is 1. The quantitative estimate of drug-likeness (QED) is 0.641. The summed E-state index contributed by atoms with van der Waals surface area (Å²) >= 11 is 0. The minimum absolute atomic E-state index is 0.735. The number of benzene rings is 1. The summed E-state index contributed by atoms with van der Waals surface area (Å²) in [5.41, 5.74) is 0. The van der Waals surface area contributed by atoms with Crippen molar-refractivity contribution in [3.8, 4) is 5.75 Å². The minimum Gasteiger partial charge on any atom is -0.494 e. The van der Waals surface area contributed by atoms with Gasteiger partial charge in [-0.1, -0.05) is 45.4 Å². The van der Waals surface area contributed by atoms with Gasteiger partial charge in [-0.25, -0.2) is 0 Å². The number of hydrogen-bond acceptors (Lipinski definition) is 2. The van der Waals surface area contributed by atoms with Gasteiger partial charge in [0.2, 0.25) is 0 Å². The second-order valence-corrected chi connectivity index (χ2v) is 5.63. The van der Waals surface area contributed by atoms with Gasteiger partial charge in [0.1, 0.15) is 5.75 Å². The van der Waals surface area contributed by atoms with Gasteiger partial charge in [0.25, 0.3) is 0 Å². The summed E-state index contributed by atoms with van der Waals surface area (Å²) < 4.78 is 5.72. The molecule has 0 aromatic heterocycles. The molecule has 0 radical (unpaired) electrons. The van der Waals surface area contributed by atoms with E-state index in [4.69, 9.17) is 4.74 Å².